The molecule has 0 aliphatic heterocycles. The van der Waals surface area contributed by atoms with Crippen LogP contribution in [0.15, 0.2) is 97.1 Å². The predicted octanol–water partition coefficient (Wildman–Crippen LogP) is 5.37. The molecule has 0 atom stereocenters. The van der Waals surface area contributed by atoms with E-state index in [-0.39, 0.29) is 33.6 Å². The molecule has 4 aromatic rings. The van der Waals surface area contributed by atoms with Crippen molar-refractivity contribution in [2.75, 3.05) is 13.2 Å². The van der Waals surface area contributed by atoms with E-state index in [2.05, 4.69) is 0 Å². The lowest BCUT2D eigenvalue weighted by Gasteiger charge is -2.08. The number of ketones is 2. The van der Waals surface area contributed by atoms with Crippen molar-refractivity contribution >= 4 is 34.9 Å². The molecule has 0 unspecified atom stereocenters. The number of nitrogens with zero attached hydrogens (tertiary/aromatic N) is 2. The summed E-state index contributed by atoms with van der Waals surface area (Å²) in [6, 6.07) is 21.6. The second-order valence-electron chi connectivity index (χ2n) is 8.76. The topological polar surface area (TPSA) is 182 Å². The highest BCUT2D eigenvalue weighted by Gasteiger charge is 2.15. The summed E-state index contributed by atoms with van der Waals surface area (Å²) in [6.45, 7) is -1.09. The molecule has 0 aromatic heterocycles. The van der Waals surface area contributed by atoms with E-state index in [0.717, 1.165) is 0 Å². The fraction of sp³-hybridized carbons (Fsp3) is 0.0667. The first-order valence-corrected chi connectivity index (χ1v) is 12.4. The molecule has 0 aliphatic carbocycles. The monoisotopic (exact) mass is 584 g/mol. The number of non-ortho nitro benzene ring substituents is 2. The van der Waals surface area contributed by atoms with Crippen molar-refractivity contribution in [3.8, 4) is 11.5 Å². The zero-order valence-corrected chi connectivity index (χ0v) is 22.0. The Morgan fingerprint density at radius 2 is 0.791 bits per heavy atom. The molecule has 0 bridgehead atoms. The number of carbonyl (C=O) groups is 4. The van der Waals surface area contributed by atoms with Crippen LogP contribution < -0.4 is 4.74 Å². The molecule has 0 spiro atoms. The quantitative estimate of drug-likeness (QED) is 0.0902. The van der Waals surface area contributed by atoms with Crippen molar-refractivity contribution < 1.29 is 43.2 Å². The van der Waals surface area contributed by atoms with Crippen LogP contribution in [0.25, 0.3) is 0 Å². The second-order valence-corrected chi connectivity index (χ2v) is 8.76. The first-order chi connectivity index (χ1) is 20.6. The first-order valence-electron chi connectivity index (χ1n) is 12.4. The van der Waals surface area contributed by atoms with Gasteiger partial charge in [0.15, 0.2) is 24.8 Å². The molecule has 0 fully saturated rings. The van der Waals surface area contributed by atoms with Gasteiger partial charge in [-0.15, -0.1) is 0 Å². The summed E-state index contributed by atoms with van der Waals surface area (Å²) in [5.41, 5.74) is 0.311. The van der Waals surface area contributed by atoms with E-state index in [0.29, 0.717) is 11.5 Å². The largest absolute Gasteiger partial charge is 0.457 e. The SMILES string of the molecule is O=C(COC(=O)c1ccc(Oc2ccc(C(=O)OCC(=O)c3ccc([N+](=O)[O-])cc3)cc2)cc1)c1ccc([N+](=O)[O-])cc1. The van der Waals surface area contributed by atoms with Gasteiger partial charge < -0.3 is 14.2 Å². The van der Waals surface area contributed by atoms with Crippen molar-refractivity contribution in [1.82, 2.24) is 0 Å². The zero-order chi connectivity index (χ0) is 30.9. The summed E-state index contributed by atoms with van der Waals surface area (Å²) in [4.78, 5) is 69.3. The Kier molecular flexibility index (Phi) is 9.27. The van der Waals surface area contributed by atoms with Gasteiger partial charge in [-0.25, -0.2) is 9.59 Å². The molecular formula is C30H20N2O11. The van der Waals surface area contributed by atoms with Crippen LogP contribution in [-0.4, -0.2) is 46.6 Å². The van der Waals surface area contributed by atoms with Gasteiger partial charge >= 0.3 is 11.9 Å². The lowest BCUT2D eigenvalue weighted by molar-refractivity contribution is -0.385. The minimum atomic E-state index is -0.753. The normalized spacial score (nSPS) is 10.3. The number of rotatable bonds is 12. The van der Waals surface area contributed by atoms with Gasteiger partial charge in [-0.2, -0.15) is 0 Å². The summed E-state index contributed by atoms with van der Waals surface area (Å²) >= 11 is 0. The molecule has 0 saturated carbocycles. The molecule has 43 heavy (non-hydrogen) atoms. The van der Waals surface area contributed by atoms with Gasteiger partial charge in [0.1, 0.15) is 11.5 Å². The Morgan fingerprint density at radius 1 is 0.488 bits per heavy atom. The number of benzene rings is 4. The highest BCUT2D eigenvalue weighted by atomic mass is 16.6. The van der Waals surface area contributed by atoms with Crippen molar-refractivity contribution in [3.63, 3.8) is 0 Å². The average molecular weight is 584 g/mol. The number of hydrogen-bond donors (Lipinski definition) is 0. The molecule has 0 saturated heterocycles. The van der Waals surface area contributed by atoms with E-state index in [9.17, 15) is 39.4 Å². The third kappa shape index (κ3) is 7.91. The van der Waals surface area contributed by atoms with Gasteiger partial charge in [-0.3, -0.25) is 29.8 Å². The molecule has 0 heterocycles. The highest BCUT2D eigenvalue weighted by molar-refractivity contribution is 6.00. The first kappa shape index (κ1) is 29.7. The van der Waals surface area contributed by atoms with E-state index in [1.807, 2.05) is 0 Å². The van der Waals surface area contributed by atoms with Crippen molar-refractivity contribution in [2.45, 2.75) is 0 Å². The minimum Gasteiger partial charge on any atom is -0.457 e. The van der Waals surface area contributed by atoms with E-state index in [1.54, 1.807) is 0 Å². The van der Waals surface area contributed by atoms with Gasteiger partial charge in [0.05, 0.1) is 21.0 Å². The Bertz CT molecular complexity index is 1550. The summed E-state index contributed by atoms with van der Waals surface area (Å²) < 4.78 is 15.8. The fourth-order valence-electron chi connectivity index (χ4n) is 3.59. The number of hydrogen-bond acceptors (Lipinski definition) is 11. The van der Waals surface area contributed by atoms with Crippen molar-refractivity contribution in [2.24, 2.45) is 0 Å². The fourth-order valence-corrected chi connectivity index (χ4v) is 3.59. The molecule has 4 aromatic carbocycles. The summed E-state index contributed by atoms with van der Waals surface area (Å²) in [5, 5.41) is 21.4. The molecule has 0 aliphatic rings. The van der Waals surface area contributed by atoms with Crippen LogP contribution in [0.4, 0.5) is 11.4 Å². The van der Waals surface area contributed by atoms with E-state index < -0.39 is 46.6 Å². The molecule has 4 rings (SSSR count). The van der Waals surface area contributed by atoms with E-state index in [1.165, 1.54) is 97.1 Å². The van der Waals surface area contributed by atoms with Crippen molar-refractivity contribution in [3.05, 3.63) is 140 Å². The molecule has 216 valence electrons. The van der Waals surface area contributed by atoms with Gasteiger partial charge in [0.2, 0.25) is 0 Å². The number of carbonyl (C=O) groups excluding carboxylic acids is 4. The molecule has 0 amide bonds. The third-order valence-corrected chi connectivity index (χ3v) is 5.88. The van der Waals surface area contributed by atoms with Gasteiger partial charge in [0.25, 0.3) is 11.4 Å². The van der Waals surface area contributed by atoms with Gasteiger partial charge in [-0.1, -0.05) is 0 Å². The standard InChI is InChI=1S/C30H20N2O11/c33-27(19-1-9-23(10-2-19)31(37)38)17-41-29(35)21-5-13-25(14-6-21)43-26-15-7-22(8-16-26)30(36)42-18-28(34)20-3-11-24(12-4-20)32(39)40/h1-16H,17-18H2. The number of esters is 2. The van der Waals surface area contributed by atoms with E-state index >= 15 is 0 Å². The number of nitro benzene ring substituents is 2. The summed E-state index contributed by atoms with van der Waals surface area (Å²) in [6.07, 6.45) is 0. The summed E-state index contributed by atoms with van der Waals surface area (Å²) in [7, 11) is 0. The Balaban J connectivity index is 1.25. The van der Waals surface area contributed by atoms with Crippen LogP contribution in [0.3, 0.4) is 0 Å². The summed E-state index contributed by atoms with van der Waals surface area (Å²) in [5.74, 6) is -1.82. The maximum Gasteiger partial charge on any atom is 0.338 e. The maximum absolute atomic E-state index is 12.3. The van der Waals surface area contributed by atoms with Crippen LogP contribution in [0.5, 0.6) is 11.5 Å². The Hall–Kier alpha value is -6.24. The lowest BCUT2D eigenvalue weighted by Crippen LogP contribution is -2.14. The number of Topliss-reactive ketones (excluding diaryl/α,β-unsaturated/α-hetero) is 2. The second kappa shape index (κ2) is 13.4. The van der Waals surface area contributed by atoms with Crippen LogP contribution in [0.1, 0.15) is 41.4 Å². The van der Waals surface area contributed by atoms with Gasteiger partial charge in [-0.05, 0) is 72.8 Å². The molecule has 13 nitrogen and oxygen atoms in total. The lowest BCUT2D eigenvalue weighted by atomic mass is 10.1. The van der Waals surface area contributed by atoms with Crippen LogP contribution in [-0.2, 0) is 9.47 Å². The van der Waals surface area contributed by atoms with Crippen LogP contribution in [0, 0.1) is 20.2 Å². The maximum atomic E-state index is 12.3. The Labute approximate surface area is 242 Å². The smallest absolute Gasteiger partial charge is 0.338 e. The third-order valence-electron chi connectivity index (χ3n) is 5.88. The van der Waals surface area contributed by atoms with Crippen LogP contribution >= 0.6 is 0 Å². The van der Waals surface area contributed by atoms with E-state index in [4.69, 9.17) is 14.2 Å². The van der Waals surface area contributed by atoms with Crippen molar-refractivity contribution in [1.29, 1.82) is 0 Å². The Morgan fingerprint density at radius 3 is 1.09 bits per heavy atom. The number of nitro groups is 2. The van der Waals surface area contributed by atoms with Gasteiger partial charge in [0, 0.05) is 35.4 Å². The molecular weight excluding hydrogens is 564 g/mol. The molecule has 0 radical (unpaired) electrons. The number of ether oxygens (including phenoxy) is 3. The van der Waals surface area contributed by atoms with Crippen LogP contribution in [0.2, 0.25) is 0 Å². The zero-order valence-electron chi connectivity index (χ0n) is 22.0. The minimum absolute atomic E-state index is 0.158. The predicted molar refractivity (Wildman–Crippen MR) is 148 cm³/mol. The molecule has 0 N–H and O–H groups in total. The molecule has 13 heteroatoms. The average Bonchev–Trinajstić information content (AvgIpc) is 3.03. The highest BCUT2D eigenvalue weighted by Crippen LogP contribution is 2.23.